The minimum Gasteiger partial charge on any atom is -0.306 e. The Bertz CT molecular complexity index is 403. The number of nitrogens with zero attached hydrogens (tertiary/aromatic N) is 1. The SMILES string of the molecule is CCCNC(C)(CCC(C)C)c1nc(C(C)(C)C)cs1. The average molecular weight is 297 g/mol. The zero-order chi connectivity index (χ0) is 15.4. The highest BCUT2D eigenvalue weighted by atomic mass is 32.1. The Balaban J connectivity index is 2.94. The lowest BCUT2D eigenvalue weighted by Gasteiger charge is -2.30. The zero-order valence-corrected chi connectivity index (χ0v) is 15.2. The maximum absolute atomic E-state index is 4.94. The van der Waals surface area contributed by atoms with Gasteiger partial charge in [-0.1, -0.05) is 41.5 Å². The highest BCUT2D eigenvalue weighted by molar-refractivity contribution is 7.09. The zero-order valence-electron chi connectivity index (χ0n) is 14.3. The van der Waals surface area contributed by atoms with Crippen LogP contribution in [-0.4, -0.2) is 11.5 Å². The lowest BCUT2D eigenvalue weighted by atomic mass is 9.91. The molecule has 1 unspecified atom stereocenters. The molecule has 0 spiro atoms. The van der Waals surface area contributed by atoms with Gasteiger partial charge in [0, 0.05) is 10.8 Å². The molecule has 0 aliphatic carbocycles. The predicted molar refractivity (Wildman–Crippen MR) is 90.5 cm³/mol. The highest BCUT2D eigenvalue weighted by Gasteiger charge is 2.30. The molecule has 1 aromatic rings. The van der Waals surface area contributed by atoms with Crippen LogP contribution in [0.4, 0.5) is 0 Å². The summed E-state index contributed by atoms with van der Waals surface area (Å²) in [6.07, 6.45) is 3.55. The fourth-order valence-electron chi connectivity index (χ4n) is 2.12. The number of thiazole rings is 1. The Morgan fingerprint density at radius 1 is 1.25 bits per heavy atom. The van der Waals surface area contributed by atoms with Crippen LogP contribution in [0.2, 0.25) is 0 Å². The molecular formula is C17H32N2S. The van der Waals surface area contributed by atoms with Crippen LogP contribution in [0.25, 0.3) is 0 Å². The normalized spacial score (nSPS) is 15.6. The summed E-state index contributed by atoms with van der Waals surface area (Å²) in [5.41, 5.74) is 1.37. The molecule has 0 radical (unpaired) electrons. The van der Waals surface area contributed by atoms with Crippen LogP contribution in [0, 0.1) is 5.92 Å². The summed E-state index contributed by atoms with van der Waals surface area (Å²) in [6, 6.07) is 0. The van der Waals surface area contributed by atoms with Crippen molar-refractivity contribution in [3.05, 3.63) is 16.1 Å². The molecule has 0 bridgehead atoms. The Morgan fingerprint density at radius 3 is 2.35 bits per heavy atom. The van der Waals surface area contributed by atoms with E-state index in [1.54, 1.807) is 0 Å². The summed E-state index contributed by atoms with van der Waals surface area (Å²) in [7, 11) is 0. The van der Waals surface area contributed by atoms with Crippen molar-refractivity contribution >= 4 is 11.3 Å². The Hall–Kier alpha value is -0.410. The van der Waals surface area contributed by atoms with Crippen molar-refractivity contribution < 1.29 is 0 Å². The average Bonchev–Trinajstić information content (AvgIpc) is 2.84. The van der Waals surface area contributed by atoms with E-state index in [9.17, 15) is 0 Å². The van der Waals surface area contributed by atoms with E-state index in [1.807, 2.05) is 11.3 Å². The fourth-order valence-corrected chi connectivity index (χ4v) is 3.34. The smallest absolute Gasteiger partial charge is 0.113 e. The maximum atomic E-state index is 4.94. The monoisotopic (exact) mass is 296 g/mol. The lowest BCUT2D eigenvalue weighted by Crippen LogP contribution is -2.40. The minimum atomic E-state index is 0.0223. The van der Waals surface area contributed by atoms with E-state index in [-0.39, 0.29) is 11.0 Å². The molecule has 2 nitrogen and oxygen atoms in total. The number of nitrogens with one attached hydrogen (secondary N) is 1. The van der Waals surface area contributed by atoms with Gasteiger partial charge in [0.1, 0.15) is 5.01 Å². The van der Waals surface area contributed by atoms with Crippen LogP contribution in [0.1, 0.15) is 78.4 Å². The van der Waals surface area contributed by atoms with E-state index in [4.69, 9.17) is 4.98 Å². The topological polar surface area (TPSA) is 24.9 Å². The molecule has 1 heterocycles. The van der Waals surface area contributed by atoms with E-state index >= 15 is 0 Å². The number of hydrogen-bond acceptors (Lipinski definition) is 3. The van der Waals surface area contributed by atoms with Crippen LogP contribution in [0.5, 0.6) is 0 Å². The molecular weight excluding hydrogens is 264 g/mol. The highest BCUT2D eigenvalue weighted by Crippen LogP contribution is 2.33. The molecule has 0 aliphatic heterocycles. The first-order valence-electron chi connectivity index (χ1n) is 7.90. The lowest BCUT2D eigenvalue weighted by molar-refractivity contribution is 0.311. The van der Waals surface area contributed by atoms with Gasteiger partial charge in [0.05, 0.1) is 11.2 Å². The first-order valence-corrected chi connectivity index (χ1v) is 8.78. The molecule has 1 aromatic heterocycles. The summed E-state index contributed by atoms with van der Waals surface area (Å²) in [4.78, 5) is 4.94. The van der Waals surface area contributed by atoms with Crippen LogP contribution in [0.3, 0.4) is 0 Å². The van der Waals surface area contributed by atoms with E-state index in [0.717, 1.165) is 25.3 Å². The second-order valence-corrected chi connectivity index (χ2v) is 8.34. The third kappa shape index (κ3) is 4.85. The molecule has 1 N–H and O–H groups in total. The van der Waals surface area contributed by atoms with Gasteiger partial charge in [0.2, 0.25) is 0 Å². The first kappa shape index (κ1) is 17.6. The van der Waals surface area contributed by atoms with Crippen LogP contribution in [0.15, 0.2) is 5.38 Å². The second-order valence-electron chi connectivity index (χ2n) is 7.48. The molecule has 1 rings (SSSR count). The Labute approximate surface area is 129 Å². The van der Waals surface area contributed by atoms with Gasteiger partial charge in [-0.2, -0.15) is 0 Å². The molecule has 0 aromatic carbocycles. The first-order chi connectivity index (χ1) is 9.19. The molecule has 0 amide bonds. The largest absolute Gasteiger partial charge is 0.306 e. The number of hydrogen-bond donors (Lipinski definition) is 1. The third-order valence-electron chi connectivity index (χ3n) is 3.73. The Kier molecular flexibility index (Phi) is 6.21. The van der Waals surface area contributed by atoms with Crippen molar-refractivity contribution in [2.75, 3.05) is 6.54 Å². The fraction of sp³-hybridized carbons (Fsp3) is 0.824. The summed E-state index contributed by atoms with van der Waals surface area (Å²) < 4.78 is 0. The van der Waals surface area contributed by atoms with Gasteiger partial charge in [-0.3, -0.25) is 0 Å². The van der Waals surface area contributed by atoms with E-state index in [1.165, 1.54) is 17.1 Å². The predicted octanol–water partition coefficient (Wildman–Crippen LogP) is 5.09. The van der Waals surface area contributed by atoms with Crippen molar-refractivity contribution in [1.82, 2.24) is 10.3 Å². The number of aromatic nitrogens is 1. The summed E-state index contributed by atoms with van der Waals surface area (Å²) in [5, 5.41) is 7.21. The van der Waals surface area contributed by atoms with Gasteiger partial charge in [-0.15, -0.1) is 11.3 Å². The van der Waals surface area contributed by atoms with Gasteiger partial charge in [0.15, 0.2) is 0 Å². The molecule has 0 aliphatic rings. The molecule has 20 heavy (non-hydrogen) atoms. The van der Waals surface area contributed by atoms with Crippen molar-refractivity contribution in [3.63, 3.8) is 0 Å². The van der Waals surface area contributed by atoms with Gasteiger partial charge in [-0.25, -0.2) is 4.98 Å². The van der Waals surface area contributed by atoms with Crippen molar-refractivity contribution in [3.8, 4) is 0 Å². The van der Waals surface area contributed by atoms with Gasteiger partial charge >= 0.3 is 0 Å². The summed E-state index contributed by atoms with van der Waals surface area (Å²) in [5.74, 6) is 0.736. The second kappa shape index (κ2) is 7.04. The van der Waals surface area contributed by atoms with Crippen LogP contribution >= 0.6 is 11.3 Å². The van der Waals surface area contributed by atoms with Crippen LogP contribution in [-0.2, 0) is 11.0 Å². The standard InChI is InChI=1S/C17H32N2S/c1-8-11-18-17(7,10-9-13(2)3)15-19-14(12-20-15)16(4,5)6/h12-13,18H,8-11H2,1-7H3. The van der Waals surface area contributed by atoms with Crippen LogP contribution < -0.4 is 5.32 Å². The molecule has 116 valence electrons. The van der Waals surface area contributed by atoms with Crippen molar-refractivity contribution in [1.29, 1.82) is 0 Å². The third-order valence-corrected chi connectivity index (χ3v) is 4.84. The van der Waals surface area contributed by atoms with Gasteiger partial charge in [-0.05, 0) is 38.6 Å². The van der Waals surface area contributed by atoms with Gasteiger partial charge in [0.25, 0.3) is 0 Å². The van der Waals surface area contributed by atoms with E-state index < -0.39 is 0 Å². The van der Waals surface area contributed by atoms with E-state index in [2.05, 4.69) is 59.2 Å². The molecule has 0 fully saturated rings. The quantitative estimate of drug-likeness (QED) is 0.758. The molecule has 0 saturated heterocycles. The van der Waals surface area contributed by atoms with E-state index in [0.29, 0.717) is 0 Å². The minimum absolute atomic E-state index is 0.0223. The Morgan fingerprint density at radius 2 is 1.90 bits per heavy atom. The maximum Gasteiger partial charge on any atom is 0.113 e. The summed E-state index contributed by atoms with van der Waals surface area (Å²) in [6.45, 7) is 16.9. The number of rotatable bonds is 7. The van der Waals surface area contributed by atoms with Gasteiger partial charge < -0.3 is 5.32 Å². The molecule has 3 heteroatoms. The molecule has 1 atom stereocenters. The van der Waals surface area contributed by atoms with Crippen molar-refractivity contribution in [2.45, 2.75) is 78.7 Å². The molecule has 0 saturated carbocycles. The summed E-state index contributed by atoms with van der Waals surface area (Å²) >= 11 is 1.81. The van der Waals surface area contributed by atoms with Crippen molar-refractivity contribution in [2.24, 2.45) is 5.92 Å².